The summed E-state index contributed by atoms with van der Waals surface area (Å²) in [6.07, 6.45) is 0.852. The van der Waals surface area contributed by atoms with Crippen LogP contribution in [0.3, 0.4) is 0 Å². The molecule has 18 heavy (non-hydrogen) atoms. The maximum Gasteiger partial charge on any atom is 0.279 e. The molecule has 1 aliphatic rings. The van der Waals surface area contributed by atoms with Crippen LogP contribution in [-0.4, -0.2) is 62.4 Å². The molecule has 1 fully saturated rings. The van der Waals surface area contributed by atoms with E-state index in [2.05, 4.69) is 9.62 Å². The van der Waals surface area contributed by atoms with Crippen molar-refractivity contribution in [3.63, 3.8) is 0 Å². The van der Waals surface area contributed by atoms with E-state index in [4.69, 9.17) is 5.73 Å². The second kappa shape index (κ2) is 6.29. The van der Waals surface area contributed by atoms with Gasteiger partial charge in [0.05, 0.1) is 0 Å². The van der Waals surface area contributed by atoms with E-state index in [9.17, 15) is 8.42 Å². The molecule has 0 unspecified atom stereocenters. The summed E-state index contributed by atoms with van der Waals surface area (Å²) in [5.74, 6) is 0. The molecular formula is C11H26N4O2S. The first-order valence-electron chi connectivity index (χ1n) is 6.46. The van der Waals surface area contributed by atoms with Crippen LogP contribution in [-0.2, 0) is 10.2 Å². The molecule has 1 saturated heterocycles. The van der Waals surface area contributed by atoms with Gasteiger partial charge in [-0.1, -0.05) is 0 Å². The Morgan fingerprint density at radius 2 is 1.83 bits per heavy atom. The van der Waals surface area contributed by atoms with Crippen LogP contribution in [0.4, 0.5) is 0 Å². The molecule has 0 aromatic rings. The van der Waals surface area contributed by atoms with E-state index < -0.39 is 15.7 Å². The average molecular weight is 278 g/mol. The predicted octanol–water partition coefficient (Wildman–Crippen LogP) is -0.414. The summed E-state index contributed by atoms with van der Waals surface area (Å²) in [6.45, 7) is 9.78. The summed E-state index contributed by atoms with van der Waals surface area (Å²) in [7, 11) is -3.38. The van der Waals surface area contributed by atoms with Crippen LogP contribution in [0.15, 0.2) is 0 Å². The molecule has 0 spiro atoms. The van der Waals surface area contributed by atoms with Gasteiger partial charge in [-0.3, -0.25) is 0 Å². The molecular weight excluding hydrogens is 252 g/mol. The molecule has 0 radical (unpaired) electrons. The zero-order valence-corrected chi connectivity index (χ0v) is 12.5. The summed E-state index contributed by atoms with van der Waals surface area (Å²) in [4.78, 5) is 2.21. The van der Waals surface area contributed by atoms with Crippen molar-refractivity contribution in [1.29, 1.82) is 0 Å². The maximum atomic E-state index is 12.2. The van der Waals surface area contributed by atoms with Crippen molar-refractivity contribution in [3.05, 3.63) is 0 Å². The van der Waals surface area contributed by atoms with Gasteiger partial charge in [0, 0.05) is 38.3 Å². The number of hydrogen-bond donors (Lipinski definition) is 2. The molecule has 0 aromatic heterocycles. The number of rotatable bonds is 4. The third-order valence-electron chi connectivity index (χ3n) is 2.77. The number of nitrogens with one attached hydrogen (secondary N) is 1. The molecule has 1 aliphatic heterocycles. The molecule has 0 bridgehead atoms. The standard InChI is InChI=1S/C11H26N4O2S/c1-11(2,3)13-18(16,17)15-7-4-6-14(8-5-12)9-10-15/h13H,4-10,12H2,1-3H3. The van der Waals surface area contributed by atoms with Gasteiger partial charge in [0.1, 0.15) is 0 Å². The van der Waals surface area contributed by atoms with Crippen molar-refractivity contribution in [2.45, 2.75) is 32.7 Å². The van der Waals surface area contributed by atoms with Crippen molar-refractivity contribution in [3.8, 4) is 0 Å². The highest BCUT2D eigenvalue weighted by Gasteiger charge is 2.28. The van der Waals surface area contributed by atoms with Crippen LogP contribution in [0.1, 0.15) is 27.2 Å². The van der Waals surface area contributed by atoms with Crippen molar-refractivity contribution in [2.75, 3.05) is 39.3 Å². The van der Waals surface area contributed by atoms with Crippen LogP contribution in [0.25, 0.3) is 0 Å². The number of hydrogen-bond acceptors (Lipinski definition) is 4. The van der Waals surface area contributed by atoms with Crippen molar-refractivity contribution in [1.82, 2.24) is 13.9 Å². The second-order valence-corrected chi connectivity index (χ2v) is 7.41. The Hall–Kier alpha value is -0.210. The fourth-order valence-electron chi connectivity index (χ4n) is 2.05. The fraction of sp³-hybridized carbons (Fsp3) is 1.00. The highest BCUT2D eigenvalue weighted by Crippen LogP contribution is 2.10. The van der Waals surface area contributed by atoms with Gasteiger partial charge in [0.2, 0.25) is 0 Å². The third kappa shape index (κ3) is 5.19. The first kappa shape index (κ1) is 15.8. The van der Waals surface area contributed by atoms with Crippen molar-refractivity contribution >= 4 is 10.2 Å². The first-order chi connectivity index (χ1) is 8.24. The highest BCUT2D eigenvalue weighted by atomic mass is 32.2. The Morgan fingerprint density at radius 3 is 2.39 bits per heavy atom. The minimum atomic E-state index is -3.38. The molecule has 7 heteroatoms. The average Bonchev–Trinajstić information content (AvgIpc) is 2.40. The van der Waals surface area contributed by atoms with Crippen molar-refractivity contribution in [2.24, 2.45) is 5.73 Å². The summed E-state index contributed by atoms with van der Waals surface area (Å²) in [5, 5.41) is 0. The summed E-state index contributed by atoms with van der Waals surface area (Å²) >= 11 is 0. The Morgan fingerprint density at radius 1 is 1.17 bits per heavy atom. The smallest absolute Gasteiger partial charge is 0.279 e. The van der Waals surface area contributed by atoms with Gasteiger partial charge in [0.25, 0.3) is 10.2 Å². The van der Waals surface area contributed by atoms with Gasteiger partial charge < -0.3 is 10.6 Å². The van der Waals surface area contributed by atoms with Crippen molar-refractivity contribution < 1.29 is 8.42 Å². The zero-order chi connectivity index (χ0) is 13.8. The van der Waals surface area contributed by atoms with Gasteiger partial charge >= 0.3 is 0 Å². The second-order valence-electron chi connectivity index (χ2n) is 5.74. The molecule has 6 nitrogen and oxygen atoms in total. The normalized spacial score (nSPS) is 20.9. The predicted molar refractivity (Wildman–Crippen MR) is 73.5 cm³/mol. The SMILES string of the molecule is CC(C)(C)NS(=O)(=O)N1CCCN(CCN)CC1. The molecule has 3 N–H and O–H groups in total. The minimum Gasteiger partial charge on any atom is -0.329 e. The van der Waals surface area contributed by atoms with E-state index in [0.29, 0.717) is 19.6 Å². The van der Waals surface area contributed by atoms with Crippen LogP contribution < -0.4 is 10.5 Å². The van der Waals surface area contributed by atoms with E-state index in [0.717, 1.165) is 26.1 Å². The maximum absolute atomic E-state index is 12.2. The van der Waals surface area contributed by atoms with Gasteiger partial charge in [-0.05, 0) is 33.7 Å². The zero-order valence-electron chi connectivity index (χ0n) is 11.6. The lowest BCUT2D eigenvalue weighted by Gasteiger charge is -2.27. The molecule has 108 valence electrons. The van der Waals surface area contributed by atoms with Gasteiger partial charge in [0.15, 0.2) is 0 Å². The van der Waals surface area contributed by atoms with Crippen LogP contribution in [0.2, 0.25) is 0 Å². The number of nitrogens with two attached hydrogens (primary N) is 1. The summed E-state index contributed by atoms with van der Waals surface area (Å²) in [5.41, 5.74) is 5.09. The Labute approximate surface area is 111 Å². The molecule has 0 aliphatic carbocycles. The van der Waals surface area contributed by atoms with Gasteiger partial charge in [-0.15, -0.1) is 0 Å². The van der Waals surface area contributed by atoms with E-state index in [-0.39, 0.29) is 0 Å². The van der Waals surface area contributed by atoms with Crippen LogP contribution in [0.5, 0.6) is 0 Å². The minimum absolute atomic E-state index is 0.442. The largest absolute Gasteiger partial charge is 0.329 e. The molecule has 0 aromatic carbocycles. The molecule has 0 atom stereocenters. The van der Waals surface area contributed by atoms with E-state index in [1.54, 1.807) is 0 Å². The Balaban J connectivity index is 2.62. The quantitative estimate of drug-likeness (QED) is 0.732. The van der Waals surface area contributed by atoms with Gasteiger partial charge in [-0.25, -0.2) is 0 Å². The molecule has 0 saturated carbocycles. The lowest BCUT2D eigenvalue weighted by atomic mass is 10.1. The summed E-state index contributed by atoms with van der Waals surface area (Å²) < 4.78 is 28.6. The lowest BCUT2D eigenvalue weighted by Crippen LogP contribution is -2.49. The lowest BCUT2D eigenvalue weighted by molar-refractivity contribution is 0.293. The monoisotopic (exact) mass is 278 g/mol. The van der Waals surface area contributed by atoms with Crippen LogP contribution >= 0.6 is 0 Å². The highest BCUT2D eigenvalue weighted by molar-refractivity contribution is 7.87. The van der Waals surface area contributed by atoms with Crippen LogP contribution in [0, 0.1) is 0 Å². The number of nitrogens with zero attached hydrogens (tertiary/aromatic N) is 2. The molecule has 1 heterocycles. The molecule has 1 rings (SSSR count). The summed E-state index contributed by atoms with van der Waals surface area (Å²) in [6, 6.07) is 0. The van der Waals surface area contributed by atoms with E-state index >= 15 is 0 Å². The first-order valence-corrected chi connectivity index (χ1v) is 7.90. The topological polar surface area (TPSA) is 78.7 Å². The van der Waals surface area contributed by atoms with E-state index in [1.165, 1.54) is 4.31 Å². The van der Waals surface area contributed by atoms with Gasteiger partial charge in [-0.2, -0.15) is 17.4 Å². The fourth-order valence-corrected chi connectivity index (χ4v) is 3.64. The Kier molecular flexibility index (Phi) is 5.54. The van der Waals surface area contributed by atoms with E-state index in [1.807, 2.05) is 20.8 Å². The third-order valence-corrected chi connectivity index (χ3v) is 4.68. The Bertz CT molecular complexity index is 351. The molecule has 0 amide bonds.